The molecule has 0 unspecified atom stereocenters. The molecule has 4 atom stereocenters. The van der Waals surface area contributed by atoms with Crippen molar-refractivity contribution in [1.82, 2.24) is 4.90 Å². The number of benzene rings is 4. The Morgan fingerprint density at radius 2 is 1.58 bits per heavy atom. The Morgan fingerprint density at radius 1 is 0.907 bits per heavy atom. The number of anilines is 1. The molecule has 7 rings (SSSR count). The van der Waals surface area contributed by atoms with Gasteiger partial charge in [0.05, 0.1) is 12.0 Å². The summed E-state index contributed by atoms with van der Waals surface area (Å²) in [6.45, 7) is 1.83. The Hall–Kier alpha value is -5.48. The number of amides is 1. The molecular weight excluding hydrogens is 538 g/mol. The van der Waals surface area contributed by atoms with E-state index < -0.39 is 23.4 Å². The van der Waals surface area contributed by atoms with Crippen LogP contribution in [0.4, 0.5) is 5.69 Å². The fraction of sp³-hybridized carbons (Fsp3) is 0.167. The zero-order chi connectivity index (χ0) is 29.7. The summed E-state index contributed by atoms with van der Waals surface area (Å²) in [7, 11) is 0. The van der Waals surface area contributed by atoms with Crippen molar-refractivity contribution in [2.75, 3.05) is 11.9 Å². The normalized spacial score (nSPS) is 22.7. The van der Waals surface area contributed by atoms with E-state index in [0.717, 1.165) is 16.7 Å². The van der Waals surface area contributed by atoms with E-state index >= 15 is 0 Å². The fourth-order valence-electron chi connectivity index (χ4n) is 7.07. The number of Topliss-reactive ketones (excluding diaryl/α,β-unsaturated/α-hetero) is 2. The Morgan fingerprint density at radius 3 is 2.35 bits per heavy atom. The molecule has 0 aliphatic carbocycles. The van der Waals surface area contributed by atoms with Crippen molar-refractivity contribution in [1.29, 1.82) is 5.26 Å². The van der Waals surface area contributed by atoms with Gasteiger partial charge in [-0.2, -0.15) is 5.26 Å². The first-order valence-electron chi connectivity index (χ1n) is 14.2. The molecule has 3 heterocycles. The second kappa shape index (κ2) is 10.1. The van der Waals surface area contributed by atoms with Gasteiger partial charge in [-0.05, 0) is 60.0 Å². The molecule has 7 heteroatoms. The van der Waals surface area contributed by atoms with Crippen molar-refractivity contribution in [2.45, 2.75) is 24.4 Å². The van der Waals surface area contributed by atoms with E-state index in [1.807, 2.05) is 90.8 Å². The summed E-state index contributed by atoms with van der Waals surface area (Å²) in [5, 5.41) is 12.0. The highest BCUT2D eigenvalue weighted by Gasteiger charge is 2.70. The standard InChI is InChI=1S/C36H27N3O4/c1-22-10-12-25(13-11-22)33(41)31-30(32(40)24-14-16-26(17-15-24)43-21-19-37)36(28-8-4-5-9-29(28)38-35(36)42)34-27-7-3-2-6-23(27)18-20-39(31)34/h2-18,20,30-31,34H,21H2,1H3,(H,38,42)/t30-,31+,34+,36-/m0/s1. The molecule has 0 saturated carbocycles. The maximum atomic E-state index is 14.9. The number of ether oxygens (including phenoxy) is 1. The molecule has 7 nitrogen and oxygen atoms in total. The maximum absolute atomic E-state index is 14.9. The van der Waals surface area contributed by atoms with Crippen LogP contribution in [0, 0.1) is 24.2 Å². The van der Waals surface area contributed by atoms with E-state index in [4.69, 9.17) is 10.00 Å². The fourth-order valence-corrected chi connectivity index (χ4v) is 7.07. The molecule has 0 bridgehead atoms. The molecule has 1 N–H and O–H groups in total. The summed E-state index contributed by atoms with van der Waals surface area (Å²) in [6.07, 6.45) is 3.81. The van der Waals surface area contributed by atoms with Crippen LogP contribution in [-0.4, -0.2) is 35.0 Å². The van der Waals surface area contributed by atoms with Crippen LogP contribution in [-0.2, 0) is 10.2 Å². The summed E-state index contributed by atoms with van der Waals surface area (Å²) in [6, 6.07) is 29.5. The average Bonchev–Trinajstić information content (AvgIpc) is 3.52. The Labute approximate surface area is 249 Å². The van der Waals surface area contributed by atoms with Crippen LogP contribution in [0.15, 0.2) is 103 Å². The van der Waals surface area contributed by atoms with Crippen LogP contribution in [0.25, 0.3) is 6.08 Å². The highest BCUT2D eigenvalue weighted by atomic mass is 16.5. The van der Waals surface area contributed by atoms with Crippen molar-refractivity contribution in [3.8, 4) is 11.8 Å². The highest BCUT2D eigenvalue weighted by Crippen LogP contribution is 2.62. The zero-order valence-electron chi connectivity index (χ0n) is 23.4. The third-order valence-corrected chi connectivity index (χ3v) is 8.90. The van der Waals surface area contributed by atoms with Gasteiger partial charge in [-0.25, -0.2) is 0 Å². The Balaban J connectivity index is 1.48. The quantitative estimate of drug-likeness (QED) is 0.293. The third-order valence-electron chi connectivity index (χ3n) is 8.90. The van der Waals surface area contributed by atoms with E-state index in [1.54, 1.807) is 36.4 Å². The van der Waals surface area contributed by atoms with Crippen LogP contribution in [0.3, 0.4) is 0 Å². The second-order valence-electron chi connectivity index (χ2n) is 11.2. The van der Waals surface area contributed by atoms with Gasteiger partial charge in [0.1, 0.15) is 23.3 Å². The summed E-state index contributed by atoms with van der Waals surface area (Å²) in [5.41, 5.74) is 3.61. The number of aryl methyl sites for hydroxylation is 1. The first-order valence-corrected chi connectivity index (χ1v) is 14.2. The predicted molar refractivity (Wildman–Crippen MR) is 161 cm³/mol. The van der Waals surface area contributed by atoms with Crippen LogP contribution in [0.1, 0.15) is 49.0 Å². The molecule has 210 valence electrons. The first-order chi connectivity index (χ1) is 20.9. The van der Waals surface area contributed by atoms with E-state index in [-0.39, 0.29) is 24.1 Å². The molecule has 0 aromatic heterocycles. The number of nitriles is 1. The predicted octanol–water partition coefficient (Wildman–Crippen LogP) is 5.88. The first kappa shape index (κ1) is 26.4. The summed E-state index contributed by atoms with van der Waals surface area (Å²) in [5.74, 6) is -1.46. The van der Waals surface area contributed by atoms with Crippen molar-refractivity contribution in [3.05, 3.63) is 137 Å². The molecule has 43 heavy (non-hydrogen) atoms. The van der Waals surface area contributed by atoms with E-state index in [1.165, 1.54) is 0 Å². The lowest BCUT2D eigenvalue weighted by Gasteiger charge is -2.38. The second-order valence-corrected chi connectivity index (χ2v) is 11.2. The summed E-state index contributed by atoms with van der Waals surface area (Å²) >= 11 is 0. The number of para-hydroxylation sites is 1. The van der Waals surface area contributed by atoms with Crippen molar-refractivity contribution in [3.63, 3.8) is 0 Å². The minimum atomic E-state index is -1.39. The van der Waals surface area contributed by atoms with E-state index in [2.05, 4.69) is 5.32 Å². The number of ketones is 2. The summed E-state index contributed by atoms with van der Waals surface area (Å²) < 4.78 is 5.41. The van der Waals surface area contributed by atoms with Crippen LogP contribution in [0.5, 0.6) is 5.75 Å². The van der Waals surface area contributed by atoms with Gasteiger partial charge in [0.25, 0.3) is 0 Å². The van der Waals surface area contributed by atoms with Gasteiger partial charge in [0, 0.05) is 23.0 Å². The summed E-state index contributed by atoms with van der Waals surface area (Å²) in [4.78, 5) is 45.9. The van der Waals surface area contributed by atoms with Crippen LogP contribution < -0.4 is 10.1 Å². The van der Waals surface area contributed by atoms with Gasteiger partial charge in [-0.1, -0.05) is 72.3 Å². The molecule has 1 spiro atoms. The molecule has 4 aromatic carbocycles. The third kappa shape index (κ3) is 3.91. The van der Waals surface area contributed by atoms with Crippen molar-refractivity contribution in [2.24, 2.45) is 5.92 Å². The molecule has 3 aliphatic heterocycles. The van der Waals surface area contributed by atoms with E-state index in [9.17, 15) is 14.4 Å². The number of nitrogens with zero attached hydrogens (tertiary/aromatic N) is 2. The lowest BCUT2D eigenvalue weighted by atomic mass is 9.62. The molecule has 0 radical (unpaired) electrons. The van der Waals surface area contributed by atoms with Crippen molar-refractivity contribution >= 4 is 29.2 Å². The number of hydrogen-bond donors (Lipinski definition) is 1. The van der Waals surface area contributed by atoms with Crippen LogP contribution >= 0.6 is 0 Å². The number of carbonyl (C=O) groups excluding carboxylic acids is 3. The van der Waals surface area contributed by atoms with Gasteiger partial charge < -0.3 is 15.0 Å². The van der Waals surface area contributed by atoms with Crippen molar-refractivity contribution < 1.29 is 19.1 Å². The number of rotatable bonds is 6. The molecule has 1 amide bonds. The molecule has 4 aromatic rings. The van der Waals surface area contributed by atoms with Gasteiger partial charge in [0.15, 0.2) is 18.2 Å². The number of carbonyl (C=O) groups is 3. The SMILES string of the molecule is Cc1ccc(C(=O)[C@H]2[C@@H](C(=O)c3ccc(OCC#N)cc3)[C@]3(C(=O)Nc4ccccc43)[C@H]3c4ccccc4C=CN23)cc1. The molecule has 1 fully saturated rings. The number of fused-ring (bicyclic) bond motifs is 6. The van der Waals surface area contributed by atoms with Crippen LogP contribution in [0.2, 0.25) is 0 Å². The molecular formula is C36H27N3O4. The zero-order valence-corrected chi connectivity index (χ0v) is 23.4. The van der Waals surface area contributed by atoms with Gasteiger partial charge >= 0.3 is 0 Å². The largest absolute Gasteiger partial charge is 0.479 e. The smallest absolute Gasteiger partial charge is 0.238 e. The number of nitrogens with one attached hydrogen (secondary N) is 1. The Kier molecular flexibility index (Phi) is 6.21. The topological polar surface area (TPSA) is 99.5 Å². The van der Waals surface area contributed by atoms with Gasteiger partial charge in [-0.15, -0.1) is 0 Å². The average molecular weight is 566 g/mol. The molecule has 3 aliphatic rings. The van der Waals surface area contributed by atoms with E-state index in [0.29, 0.717) is 28.1 Å². The van der Waals surface area contributed by atoms with Gasteiger partial charge in [-0.3, -0.25) is 14.4 Å². The maximum Gasteiger partial charge on any atom is 0.238 e. The minimum absolute atomic E-state index is 0.120. The lowest BCUT2D eigenvalue weighted by molar-refractivity contribution is -0.122. The Bertz CT molecular complexity index is 1850. The number of hydrogen-bond acceptors (Lipinski definition) is 6. The van der Waals surface area contributed by atoms with Gasteiger partial charge in [0.2, 0.25) is 5.91 Å². The molecule has 1 saturated heterocycles. The minimum Gasteiger partial charge on any atom is -0.479 e. The monoisotopic (exact) mass is 565 g/mol. The lowest BCUT2D eigenvalue weighted by Crippen LogP contribution is -2.49. The highest BCUT2D eigenvalue weighted by molar-refractivity contribution is 6.16.